The van der Waals surface area contributed by atoms with Crippen molar-refractivity contribution in [2.75, 3.05) is 20.7 Å². The van der Waals surface area contributed by atoms with Crippen molar-refractivity contribution in [3.63, 3.8) is 0 Å². The van der Waals surface area contributed by atoms with Gasteiger partial charge in [0.2, 0.25) is 5.91 Å². The van der Waals surface area contributed by atoms with Gasteiger partial charge in [-0.1, -0.05) is 19.1 Å². The number of hydrogen-bond donors (Lipinski definition) is 3. The van der Waals surface area contributed by atoms with Gasteiger partial charge >= 0.3 is 0 Å². The van der Waals surface area contributed by atoms with Crippen molar-refractivity contribution >= 4 is 11.9 Å². The summed E-state index contributed by atoms with van der Waals surface area (Å²) >= 11 is 0. The van der Waals surface area contributed by atoms with Crippen molar-refractivity contribution < 1.29 is 14.3 Å². The zero-order valence-electron chi connectivity index (χ0n) is 18.2. The number of aliphatic imine (C=N–C) groups is 1. The molecule has 29 heavy (non-hydrogen) atoms. The van der Waals surface area contributed by atoms with E-state index in [1.165, 1.54) is 12.8 Å². The molecule has 0 bridgehead atoms. The normalized spacial score (nSPS) is 15.7. The maximum Gasteiger partial charge on any atom is 0.221 e. The molecule has 1 aromatic carbocycles. The fraction of sp³-hybridized carbons (Fsp3) is 0.636. The second-order valence-electron chi connectivity index (χ2n) is 7.45. The average Bonchev–Trinajstić information content (AvgIpc) is 3.24. The number of benzene rings is 1. The fourth-order valence-corrected chi connectivity index (χ4v) is 3.31. The summed E-state index contributed by atoms with van der Waals surface area (Å²) in [6.45, 7) is 5.13. The maximum absolute atomic E-state index is 11.9. The molecule has 1 saturated carbocycles. The average molecular weight is 405 g/mol. The first-order valence-corrected chi connectivity index (χ1v) is 10.6. The van der Waals surface area contributed by atoms with Crippen LogP contribution in [-0.2, 0) is 11.3 Å². The molecule has 1 aromatic rings. The van der Waals surface area contributed by atoms with Crippen LogP contribution in [0.4, 0.5) is 0 Å². The second-order valence-corrected chi connectivity index (χ2v) is 7.45. The van der Waals surface area contributed by atoms with E-state index in [-0.39, 0.29) is 18.1 Å². The van der Waals surface area contributed by atoms with Crippen LogP contribution in [0.5, 0.6) is 11.5 Å². The van der Waals surface area contributed by atoms with Gasteiger partial charge in [-0.3, -0.25) is 9.79 Å². The van der Waals surface area contributed by atoms with Crippen LogP contribution < -0.4 is 25.4 Å². The van der Waals surface area contributed by atoms with Gasteiger partial charge in [0, 0.05) is 38.2 Å². The predicted molar refractivity (Wildman–Crippen MR) is 117 cm³/mol. The number of methoxy groups -OCH3 is 1. The highest BCUT2D eigenvalue weighted by Gasteiger charge is 2.20. The highest BCUT2D eigenvalue weighted by Crippen LogP contribution is 2.34. The third kappa shape index (κ3) is 7.48. The Labute approximate surface area is 174 Å². The Hall–Kier alpha value is -2.44. The van der Waals surface area contributed by atoms with Gasteiger partial charge in [-0.05, 0) is 45.1 Å². The first kappa shape index (κ1) is 22.8. The quantitative estimate of drug-likeness (QED) is 0.412. The Morgan fingerprint density at radius 2 is 2.03 bits per heavy atom. The minimum Gasteiger partial charge on any atom is -0.493 e. The Bertz CT molecular complexity index is 672. The summed E-state index contributed by atoms with van der Waals surface area (Å²) in [6.07, 6.45) is 6.20. The Morgan fingerprint density at radius 1 is 1.28 bits per heavy atom. The number of nitrogens with one attached hydrogen (secondary N) is 3. The molecule has 3 N–H and O–H groups in total. The van der Waals surface area contributed by atoms with Crippen LogP contribution in [-0.4, -0.2) is 44.7 Å². The van der Waals surface area contributed by atoms with Gasteiger partial charge < -0.3 is 25.4 Å². The molecule has 7 nitrogen and oxygen atoms in total. The van der Waals surface area contributed by atoms with Crippen LogP contribution >= 0.6 is 0 Å². The largest absolute Gasteiger partial charge is 0.493 e. The van der Waals surface area contributed by atoms with E-state index in [1.807, 2.05) is 25.1 Å². The van der Waals surface area contributed by atoms with E-state index < -0.39 is 0 Å². The van der Waals surface area contributed by atoms with Gasteiger partial charge in [0.05, 0.1) is 13.2 Å². The number of para-hydroxylation sites is 1. The molecule has 0 saturated heterocycles. The number of amides is 1. The fourth-order valence-electron chi connectivity index (χ4n) is 3.31. The third-order valence-corrected chi connectivity index (χ3v) is 5.20. The molecule has 0 radical (unpaired) electrons. The lowest BCUT2D eigenvalue weighted by atomic mass is 10.1. The van der Waals surface area contributed by atoms with Gasteiger partial charge in [-0.2, -0.15) is 0 Å². The summed E-state index contributed by atoms with van der Waals surface area (Å²) in [6, 6.07) is 6.13. The lowest BCUT2D eigenvalue weighted by Crippen LogP contribution is -2.40. The lowest BCUT2D eigenvalue weighted by molar-refractivity contribution is -0.121. The second kappa shape index (κ2) is 12.2. The lowest BCUT2D eigenvalue weighted by Gasteiger charge is -2.20. The van der Waals surface area contributed by atoms with E-state index in [2.05, 4.69) is 27.9 Å². The van der Waals surface area contributed by atoms with Crippen molar-refractivity contribution in [2.45, 2.75) is 71.1 Å². The minimum absolute atomic E-state index is 0.0438. The summed E-state index contributed by atoms with van der Waals surface area (Å²) in [5.74, 6) is 2.25. The number of rotatable bonds is 10. The number of carbonyl (C=O) groups excluding carboxylic acids is 1. The molecule has 1 aliphatic carbocycles. The molecule has 162 valence electrons. The van der Waals surface area contributed by atoms with Crippen LogP contribution in [0.15, 0.2) is 23.2 Å². The molecule has 2 rings (SSSR count). The molecular formula is C22H36N4O3. The molecule has 0 aliphatic heterocycles. The maximum atomic E-state index is 11.9. The first-order chi connectivity index (χ1) is 14.1. The number of carbonyl (C=O) groups is 1. The third-order valence-electron chi connectivity index (χ3n) is 5.20. The van der Waals surface area contributed by atoms with Gasteiger partial charge in [0.15, 0.2) is 17.5 Å². The monoisotopic (exact) mass is 404 g/mol. The zero-order chi connectivity index (χ0) is 21.1. The SMILES string of the molecule is CCC(C)NC(=O)CCNC(=NC)NCc1cccc(OC)c1OC1CCCC1. The van der Waals surface area contributed by atoms with E-state index in [1.54, 1.807) is 14.2 Å². The molecule has 0 aromatic heterocycles. The highest BCUT2D eigenvalue weighted by molar-refractivity contribution is 5.81. The van der Waals surface area contributed by atoms with Crippen LogP contribution in [0.1, 0.15) is 57.9 Å². The Kier molecular flexibility index (Phi) is 9.60. The number of nitrogens with zero attached hydrogens (tertiary/aromatic N) is 1. The molecule has 0 spiro atoms. The van der Waals surface area contributed by atoms with Crippen LogP contribution in [0.3, 0.4) is 0 Å². The predicted octanol–water partition coefficient (Wildman–Crippen LogP) is 2.99. The molecule has 7 heteroatoms. The topological polar surface area (TPSA) is 84.0 Å². The van der Waals surface area contributed by atoms with Crippen LogP contribution in [0.25, 0.3) is 0 Å². The van der Waals surface area contributed by atoms with Crippen molar-refractivity contribution in [2.24, 2.45) is 4.99 Å². The number of guanidine groups is 1. The van der Waals surface area contributed by atoms with Crippen LogP contribution in [0, 0.1) is 0 Å². The molecule has 1 atom stereocenters. The molecule has 1 aliphatic rings. The van der Waals surface area contributed by atoms with Crippen molar-refractivity contribution in [1.82, 2.24) is 16.0 Å². The summed E-state index contributed by atoms with van der Waals surface area (Å²) in [7, 11) is 3.38. The van der Waals surface area contributed by atoms with Gasteiger partial charge in [0.25, 0.3) is 0 Å². The minimum atomic E-state index is 0.0438. The van der Waals surface area contributed by atoms with Gasteiger partial charge in [-0.15, -0.1) is 0 Å². The van der Waals surface area contributed by atoms with Gasteiger partial charge in [0.1, 0.15) is 0 Å². The smallest absolute Gasteiger partial charge is 0.221 e. The van der Waals surface area contributed by atoms with Crippen molar-refractivity contribution in [3.8, 4) is 11.5 Å². The molecule has 0 heterocycles. The van der Waals surface area contributed by atoms with E-state index in [0.29, 0.717) is 25.5 Å². The van der Waals surface area contributed by atoms with Crippen molar-refractivity contribution in [1.29, 1.82) is 0 Å². The summed E-state index contributed by atoms with van der Waals surface area (Å²) in [5.41, 5.74) is 1.02. The molecule has 1 unspecified atom stereocenters. The molecule has 1 fully saturated rings. The van der Waals surface area contributed by atoms with E-state index in [4.69, 9.17) is 9.47 Å². The highest BCUT2D eigenvalue weighted by atomic mass is 16.5. The molecular weight excluding hydrogens is 368 g/mol. The summed E-state index contributed by atoms with van der Waals surface area (Å²) < 4.78 is 11.8. The first-order valence-electron chi connectivity index (χ1n) is 10.6. The Morgan fingerprint density at radius 3 is 2.69 bits per heavy atom. The van der Waals surface area contributed by atoms with E-state index in [0.717, 1.165) is 36.3 Å². The van der Waals surface area contributed by atoms with E-state index in [9.17, 15) is 4.79 Å². The number of hydrogen-bond acceptors (Lipinski definition) is 4. The van der Waals surface area contributed by atoms with Crippen molar-refractivity contribution in [3.05, 3.63) is 23.8 Å². The van der Waals surface area contributed by atoms with Gasteiger partial charge in [-0.25, -0.2) is 0 Å². The standard InChI is InChI=1S/C22H36N4O3/c1-5-16(2)26-20(27)13-14-24-22(23-3)25-15-17-9-8-12-19(28-4)21(17)29-18-10-6-7-11-18/h8-9,12,16,18H,5-7,10-11,13-15H2,1-4H3,(H,26,27)(H2,23,24,25). The van der Waals surface area contributed by atoms with E-state index >= 15 is 0 Å². The number of ether oxygens (including phenoxy) is 2. The summed E-state index contributed by atoms with van der Waals surface area (Å²) in [4.78, 5) is 16.1. The zero-order valence-corrected chi connectivity index (χ0v) is 18.2. The summed E-state index contributed by atoms with van der Waals surface area (Å²) in [5, 5.41) is 9.45. The molecule has 1 amide bonds. The Balaban J connectivity index is 1.89. The van der Waals surface area contributed by atoms with Crippen LogP contribution in [0.2, 0.25) is 0 Å².